The molecule has 0 bridgehead atoms. The lowest BCUT2D eigenvalue weighted by molar-refractivity contribution is -0.144. The molecule has 1 rings (SSSR count). The Kier molecular flexibility index (Phi) is 11.5. The Morgan fingerprint density at radius 3 is 2.10 bits per heavy atom. The molecule has 1 heterocycles. The Morgan fingerprint density at radius 2 is 1.60 bits per heavy atom. The second kappa shape index (κ2) is 13.0. The average Bonchev–Trinajstić information content (AvgIpc) is 2.69. The van der Waals surface area contributed by atoms with Gasteiger partial charge in [-0.1, -0.05) is 20.8 Å². The van der Waals surface area contributed by atoms with Crippen LogP contribution in [0.1, 0.15) is 47.5 Å². The number of hydrogen-bond donors (Lipinski definition) is 4. The Labute approximate surface area is 180 Å². The molecule has 30 heavy (non-hydrogen) atoms. The number of carboxylic acids is 1. The summed E-state index contributed by atoms with van der Waals surface area (Å²) in [4.78, 5) is 40.6. The summed E-state index contributed by atoms with van der Waals surface area (Å²) in [6, 6.07) is -0.754. The molecular formula is C21H41N5O4. The van der Waals surface area contributed by atoms with Crippen molar-refractivity contribution in [1.82, 2.24) is 20.5 Å². The van der Waals surface area contributed by atoms with Gasteiger partial charge in [0.15, 0.2) is 0 Å². The van der Waals surface area contributed by atoms with Crippen molar-refractivity contribution < 1.29 is 19.5 Å². The minimum absolute atomic E-state index is 0.0268. The largest absolute Gasteiger partial charge is 0.480 e. The highest BCUT2D eigenvalue weighted by atomic mass is 16.4. The Balaban J connectivity index is 2.53. The normalized spacial score (nSPS) is 20.7. The van der Waals surface area contributed by atoms with Gasteiger partial charge in [-0.05, 0) is 32.6 Å². The summed E-state index contributed by atoms with van der Waals surface area (Å²) in [6.07, 6.45) is 1.10. The van der Waals surface area contributed by atoms with E-state index in [4.69, 9.17) is 5.84 Å². The standard InChI is InChI=1S/C21H41N5O4/c1-14(18(5)27)12-15(2)19(21(29)30)24-20(28)16(3)13-17(4)26-10-8-25(9-11-26)7-6-23-22/h14-17,19,23H,6-13,22H2,1-5H3,(H,24,28)(H,29,30). The number of nitrogens with zero attached hydrogens (tertiary/aromatic N) is 2. The van der Waals surface area contributed by atoms with E-state index in [0.29, 0.717) is 12.8 Å². The number of piperazine rings is 1. The van der Waals surface area contributed by atoms with Crippen molar-refractivity contribution in [3.05, 3.63) is 0 Å². The summed E-state index contributed by atoms with van der Waals surface area (Å²) in [7, 11) is 0. The van der Waals surface area contributed by atoms with Crippen LogP contribution in [0.4, 0.5) is 0 Å². The van der Waals surface area contributed by atoms with Crippen LogP contribution in [-0.4, -0.2) is 83.9 Å². The molecule has 0 aromatic heterocycles. The number of rotatable bonds is 13. The smallest absolute Gasteiger partial charge is 0.326 e. The van der Waals surface area contributed by atoms with E-state index in [1.165, 1.54) is 6.92 Å². The number of aliphatic carboxylic acids is 1. The van der Waals surface area contributed by atoms with Crippen molar-refractivity contribution in [3.63, 3.8) is 0 Å². The van der Waals surface area contributed by atoms with E-state index in [1.807, 2.05) is 6.92 Å². The fourth-order valence-electron chi connectivity index (χ4n) is 4.02. The maximum absolute atomic E-state index is 12.7. The van der Waals surface area contributed by atoms with E-state index >= 15 is 0 Å². The monoisotopic (exact) mass is 427 g/mol. The van der Waals surface area contributed by atoms with E-state index in [1.54, 1.807) is 13.8 Å². The highest BCUT2D eigenvalue weighted by molar-refractivity contribution is 5.85. The summed E-state index contributed by atoms with van der Waals surface area (Å²) < 4.78 is 0. The molecule has 5 N–H and O–H groups in total. The van der Waals surface area contributed by atoms with Crippen LogP contribution in [0.3, 0.4) is 0 Å². The van der Waals surface area contributed by atoms with Crippen molar-refractivity contribution in [1.29, 1.82) is 0 Å². The number of carbonyl (C=O) groups excluding carboxylic acids is 2. The second-order valence-electron chi connectivity index (χ2n) is 8.87. The lowest BCUT2D eigenvalue weighted by atomic mass is 9.89. The first kappa shape index (κ1) is 26.5. The molecule has 5 atom stereocenters. The molecule has 9 heteroatoms. The molecule has 9 nitrogen and oxygen atoms in total. The number of amides is 1. The number of ketones is 1. The minimum Gasteiger partial charge on any atom is -0.480 e. The Bertz CT molecular complexity index is 566. The first-order chi connectivity index (χ1) is 14.1. The van der Waals surface area contributed by atoms with Crippen LogP contribution in [0.5, 0.6) is 0 Å². The van der Waals surface area contributed by atoms with Gasteiger partial charge in [0.1, 0.15) is 11.8 Å². The van der Waals surface area contributed by atoms with E-state index in [-0.39, 0.29) is 35.5 Å². The van der Waals surface area contributed by atoms with Gasteiger partial charge in [-0.3, -0.25) is 30.7 Å². The molecule has 1 saturated heterocycles. The molecule has 1 fully saturated rings. The fraction of sp³-hybridized carbons (Fsp3) is 0.857. The van der Waals surface area contributed by atoms with Crippen molar-refractivity contribution in [3.8, 4) is 0 Å². The first-order valence-corrected chi connectivity index (χ1v) is 11.0. The zero-order valence-corrected chi connectivity index (χ0v) is 19.2. The third-order valence-electron chi connectivity index (χ3n) is 6.30. The quantitative estimate of drug-likeness (QED) is 0.244. The Hall–Kier alpha value is -1.55. The summed E-state index contributed by atoms with van der Waals surface area (Å²) in [5, 5.41) is 12.3. The average molecular weight is 428 g/mol. The number of hydrazine groups is 1. The molecule has 0 spiro atoms. The van der Waals surface area contributed by atoms with Crippen LogP contribution >= 0.6 is 0 Å². The van der Waals surface area contributed by atoms with Crippen LogP contribution in [-0.2, 0) is 14.4 Å². The van der Waals surface area contributed by atoms with Gasteiger partial charge in [0.2, 0.25) is 5.91 Å². The van der Waals surface area contributed by atoms with Gasteiger partial charge in [-0.25, -0.2) is 4.79 Å². The predicted molar refractivity (Wildman–Crippen MR) is 117 cm³/mol. The first-order valence-electron chi connectivity index (χ1n) is 11.0. The third kappa shape index (κ3) is 8.67. The predicted octanol–water partition coefficient (Wildman–Crippen LogP) is 0.303. The SMILES string of the molecule is CC(=O)C(C)CC(C)C(NC(=O)C(C)CC(C)N1CCN(CCNN)CC1)C(=O)O. The number of carboxylic acid groups (broad SMARTS) is 1. The zero-order chi connectivity index (χ0) is 22.8. The highest BCUT2D eigenvalue weighted by Crippen LogP contribution is 2.19. The maximum atomic E-state index is 12.7. The lowest BCUT2D eigenvalue weighted by Crippen LogP contribution is -2.52. The van der Waals surface area contributed by atoms with Crippen molar-refractivity contribution in [2.24, 2.45) is 23.6 Å². The molecule has 174 valence electrons. The number of carbonyl (C=O) groups is 3. The Morgan fingerprint density at radius 1 is 1.00 bits per heavy atom. The summed E-state index contributed by atoms with van der Waals surface area (Å²) in [5.74, 6) is 3.21. The molecular weight excluding hydrogens is 386 g/mol. The van der Waals surface area contributed by atoms with Crippen LogP contribution in [0, 0.1) is 17.8 Å². The van der Waals surface area contributed by atoms with Crippen molar-refractivity contribution >= 4 is 17.7 Å². The molecule has 1 amide bonds. The molecule has 0 aromatic rings. The van der Waals surface area contributed by atoms with Crippen LogP contribution in [0.25, 0.3) is 0 Å². The van der Waals surface area contributed by atoms with Crippen molar-refractivity contribution in [2.75, 3.05) is 39.3 Å². The molecule has 5 unspecified atom stereocenters. The van der Waals surface area contributed by atoms with Gasteiger partial charge in [-0.2, -0.15) is 0 Å². The third-order valence-corrected chi connectivity index (χ3v) is 6.30. The van der Waals surface area contributed by atoms with E-state index in [2.05, 4.69) is 27.5 Å². The second-order valence-corrected chi connectivity index (χ2v) is 8.87. The minimum atomic E-state index is -1.06. The highest BCUT2D eigenvalue weighted by Gasteiger charge is 2.31. The zero-order valence-electron chi connectivity index (χ0n) is 19.2. The summed E-state index contributed by atoms with van der Waals surface area (Å²) in [5.41, 5.74) is 2.68. The molecule has 0 aromatic carbocycles. The molecule has 0 saturated carbocycles. The molecule has 1 aliphatic heterocycles. The molecule has 1 aliphatic rings. The van der Waals surface area contributed by atoms with Gasteiger partial charge in [0.25, 0.3) is 0 Å². The number of nitrogens with two attached hydrogens (primary N) is 1. The molecule has 0 aliphatic carbocycles. The van der Waals surface area contributed by atoms with Gasteiger partial charge in [-0.15, -0.1) is 0 Å². The fourth-order valence-corrected chi connectivity index (χ4v) is 4.02. The maximum Gasteiger partial charge on any atom is 0.326 e. The summed E-state index contributed by atoms with van der Waals surface area (Å²) >= 11 is 0. The van der Waals surface area contributed by atoms with Gasteiger partial charge in [0.05, 0.1) is 0 Å². The van der Waals surface area contributed by atoms with Gasteiger partial charge < -0.3 is 10.4 Å². The van der Waals surface area contributed by atoms with Crippen LogP contribution in [0.2, 0.25) is 0 Å². The van der Waals surface area contributed by atoms with Gasteiger partial charge >= 0.3 is 5.97 Å². The topological polar surface area (TPSA) is 128 Å². The molecule has 0 radical (unpaired) electrons. The van der Waals surface area contributed by atoms with E-state index in [9.17, 15) is 19.5 Å². The van der Waals surface area contributed by atoms with Crippen molar-refractivity contribution in [2.45, 2.75) is 59.5 Å². The lowest BCUT2D eigenvalue weighted by Gasteiger charge is -2.38. The number of hydrogen-bond acceptors (Lipinski definition) is 7. The van der Waals surface area contributed by atoms with Crippen LogP contribution < -0.4 is 16.6 Å². The van der Waals surface area contributed by atoms with E-state index < -0.39 is 12.0 Å². The van der Waals surface area contributed by atoms with Crippen LogP contribution in [0.15, 0.2) is 0 Å². The van der Waals surface area contributed by atoms with Gasteiger partial charge in [0, 0.05) is 57.1 Å². The number of Topliss-reactive ketones (excluding diaryl/α,β-unsaturated/α-hetero) is 1. The summed E-state index contributed by atoms with van der Waals surface area (Å²) in [6.45, 7) is 14.5. The number of nitrogens with one attached hydrogen (secondary N) is 2. The van der Waals surface area contributed by atoms with E-state index in [0.717, 1.165) is 39.3 Å².